The molecule has 0 aromatic carbocycles. The van der Waals surface area contributed by atoms with E-state index in [1.165, 1.54) is 0 Å². The molecule has 1 atom stereocenters. The number of aliphatic imine (C=N–C) groups is 2. The third-order valence-electron chi connectivity index (χ3n) is 2.42. The number of hydrogen-bond acceptors (Lipinski definition) is 4. The Balaban J connectivity index is 2.17. The standard InChI is InChI=1S/C8H8N4/c1-2-8-7(10-5-11-8)4-9-6-12(8)3-1/h1,3-6H,2H2,(H,10,11). The summed E-state index contributed by atoms with van der Waals surface area (Å²) >= 11 is 0. The lowest BCUT2D eigenvalue weighted by Gasteiger charge is -2.32. The topological polar surface area (TPSA) is 40.0 Å². The van der Waals surface area contributed by atoms with E-state index in [1.54, 1.807) is 12.7 Å². The maximum absolute atomic E-state index is 4.42. The molecule has 0 aromatic rings. The SMILES string of the molecule is C1=CN2C=NC=C3NC=NC32C1. The molecule has 0 saturated carbocycles. The van der Waals surface area contributed by atoms with E-state index in [1.807, 2.05) is 17.3 Å². The molecule has 0 fully saturated rings. The van der Waals surface area contributed by atoms with Gasteiger partial charge >= 0.3 is 0 Å². The van der Waals surface area contributed by atoms with Crippen molar-refractivity contribution in [1.29, 1.82) is 0 Å². The van der Waals surface area contributed by atoms with Gasteiger partial charge in [0.2, 0.25) is 0 Å². The quantitative estimate of drug-likeness (QED) is 0.557. The smallest absolute Gasteiger partial charge is 0.184 e. The van der Waals surface area contributed by atoms with Crippen molar-refractivity contribution >= 4 is 12.7 Å². The molecular weight excluding hydrogens is 152 g/mol. The van der Waals surface area contributed by atoms with Crippen LogP contribution in [0.5, 0.6) is 0 Å². The average molecular weight is 160 g/mol. The fourth-order valence-electron chi connectivity index (χ4n) is 1.78. The van der Waals surface area contributed by atoms with Crippen molar-refractivity contribution in [2.45, 2.75) is 12.1 Å². The zero-order valence-corrected chi connectivity index (χ0v) is 6.44. The zero-order chi connectivity index (χ0) is 8.02. The van der Waals surface area contributed by atoms with Gasteiger partial charge in [-0.3, -0.25) is 0 Å². The molecule has 3 aliphatic rings. The van der Waals surface area contributed by atoms with Gasteiger partial charge in [0.15, 0.2) is 5.66 Å². The van der Waals surface area contributed by atoms with Crippen LogP contribution in [-0.2, 0) is 0 Å². The highest BCUT2D eigenvalue weighted by molar-refractivity contribution is 5.72. The Morgan fingerprint density at radius 3 is 3.58 bits per heavy atom. The lowest BCUT2D eigenvalue weighted by molar-refractivity contribution is 0.325. The highest BCUT2D eigenvalue weighted by atomic mass is 15.4. The summed E-state index contributed by atoms with van der Waals surface area (Å²) in [7, 11) is 0. The van der Waals surface area contributed by atoms with Gasteiger partial charge in [0.05, 0.1) is 24.6 Å². The second-order valence-electron chi connectivity index (χ2n) is 3.02. The molecule has 4 nitrogen and oxygen atoms in total. The first-order chi connectivity index (χ1) is 5.92. The lowest BCUT2D eigenvalue weighted by Crippen LogP contribution is -2.43. The Labute approximate surface area is 70.0 Å². The fourth-order valence-corrected chi connectivity index (χ4v) is 1.78. The van der Waals surface area contributed by atoms with Crippen molar-refractivity contribution in [1.82, 2.24) is 10.2 Å². The first-order valence-corrected chi connectivity index (χ1v) is 3.91. The number of hydrogen-bond donors (Lipinski definition) is 1. The predicted molar refractivity (Wildman–Crippen MR) is 46.5 cm³/mol. The Morgan fingerprint density at radius 1 is 1.58 bits per heavy atom. The third kappa shape index (κ3) is 0.501. The molecule has 1 N–H and O–H groups in total. The maximum Gasteiger partial charge on any atom is 0.184 e. The molecule has 3 heterocycles. The summed E-state index contributed by atoms with van der Waals surface area (Å²) in [6, 6.07) is 0. The maximum atomic E-state index is 4.42. The molecule has 3 aliphatic heterocycles. The largest absolute Gasteiger partial charge is 0.345 e. The predicted octanol–water partition coefficient (Wildman–Crippen LogP) is 0.417. The van der Waals surface area contributed by atoms with Gasteiger partial charge in [0, 0.05) is 12.6 Å². The summed E-state index contributed by atoms with van der Waals surface area (Å²) in [5.74, 6) is 0. The summed E-state index contributed by atoms with van der Waals surface area (Å²) in [6.45, 7) is 0. The zero-order valence-electron chi connectivity index (χ0n) is 6.44. The third-order valence-corrected chi connectivity index (χ3v) is 2.42. The Hall–Kier alpha value is -1.58. The second kappa shape index (κ2) is 1.77. The molecule has 12 heavy (non-hydrogen) atoms. The van der Waals surface area contributed by atoms with Crippen LogP contribution in [0, 0.1) is 0 Å². The van der Waals surface area contributed by atoms with Gasteiger partial charge in [0.1, 0.15) is 0 Å². The summed E-state index contributed by atoms with van der Waals surface area (Å²) in [5.41, 5.74) is 0.858. The first-order valence-electron chi connectivity index (χ1n) is 3.91. The fraction of sp³-hybridized carbons (Fsp3) is 0.250. The number of rotatable bonds is 0. The second-order valence-corrected chi connectivity index (χ2v) is 3.02. The van der Waals surface area contributed by atoms with Gasteiger partial charge in [-0.15, -0.1) is 0 Å². The van der Waals surface area contributed by atoms with Gasteiger partial charge in [-0.2, -0.15) is 0 Å². The van der Waals surface area contributed by atoms with Crippen LogP contribution < -0.4 is 5.32 Å². The molecular formula is C8H8N4. The Bertz CT molecular complexity index is 339. The van der Waals surface area contributed by atoms with Gasteiger partial charge in [0.25, 0.3) is 0 Å². The van der Waals surface area contributed by atoms with Crippen LogP contribution in [-0.4, -0.2) is 23.2 Å². The molecule has 4 heteroatoms. The summed E-state index contributed by atoms with van der Waals surface area (Å²) in [6.07, 6.45) is 10.4. The molecule has 3 rings (SSSR count). The van der Waals surface area contributed by atoms with Crippen molar-refractivity contribution in [2.24, 2.45) is 9.98 Å². The Morgan fingerprint density at radius 2 is 2.58 bits per heavy atom. The van der Waals surface area contributed by atoms with Crippen LogP contribution in [0.2, 0.25) is 0 Å². The van der Waals surface area contributed by atoms with E-state index in [0.29, 0.717) is 0 Å². The van der Waals surface area contributed by atoms with Crippen LogP contribution in [0.15, 0.2) is 34.2 Å². The molecule has 1 spiro atoms. The highest BCUT2D eigenvalue weighted by Crippen LogP contribution is 2.36. The highest BCUT2D eigenvalue weighted by Gasteiger charge is 2.44. The van der Waals surface area contributed by atoms with Gasteiger partial charge in [-0.25, -0.2) is 9.98 Å². The van der Waals surface area contributed by atoms with Crippen molar-refractivity contribution in [3.05, 3.63) is 24.2 Å². The van der Waals surface area contributed by atoms with E-state index in [4.69, 9.17) is 0 Å². The molecule has 0 aliphatic carbocycles. The van der Waals surface area contributed by atoms with E-state index >= 15 is 0 Å². The molecule has 0 amide bonds. The summed E-state index contributed by atoms with van der Waals surface area (Å²) in [5, 5.41) is 3.09. The number of nitrogens with zero attached hydrogens (tertiary/aromatic N) is 3. The molecule has 0 aromatic heterocycles. The average Bonchev–Trinajstić information content (AvgIpc) is 2.63. The van der Waals surface area contributed by atoms with Crippen molar-refractivity contribution < 1.29 is 0 Å². The molecule has 1 unspecified atom stereocenters. The minimum absolute atomic E-state index is 0.207. The van der Waals surface area contributed by atoms with E-state index in [9.17, 15) is 0 Å². The molecule has 0 bridgehead atoms. The molecule has 0 saturated heterocycles. The Kier molecular flexibility index (Phi) is 0.885. The van der Waals surface area contributed by atoms with E-state index < -0.39 is 0 Å². The minimum Gasteiger partial charge on any atom is -0.345 e. The van der Waals surface area contributed by atoms with Crippen molar-refractivity contribution in [3.8, 4) is 0 Å². The van der Waals surface area contributed by atoms with Crippen LogP contribution in [0.25, 0.3) is 0 Å². The van der Waals surface area contributed by atoms with Crippen LogP contribution in [0.3, 0.4) is 0 Å². The van der Waals surface area contributed by atoms with Gasteiger partial charge in [-0.05, 0) is 0 Å². The number of nitrogens with one attached hydrogen (secondary N) is 1. The van der Waals surface area contributed by atoms with Crippen LogP contribution >= 0.6 is 0 Å². The lowest BCUT2D eigenvalue weighted by atomic mass is 10.1. The monoisotopic (exact) mass is 160 g/mol. The van der Waals surface area contributed by atoms with E-state index in [-0.39, 0.29) is 5.66 Å². The van der Waals surface area contributed by atoms with E-state index in [2.05, 4.69) is 21.4 Å². The normalized spacial score (nSPS) is 34.7. The van der Waals surface area contributed by atoms with Crippen LogP contribution in [0.1, 0.15) is 6.42 Å². The van der Waals surface area contributed by atoms with Crippen molar-refractivity contribution in [2.75, 3.05) is 0 Å². The van der Waals surface area contributed by atoms with Gasteiger partial charge in [-0.1, -0.05) is 6.08 Å². The van der Waals surface area contributed by atoms with Crippen LogP contribution in [0.4, 0.5) is 0 Å². The van der Waals surface area contributed by atoms with E-state index in [0.717, 1.165) is 12.1 Å². The minimum atomic E-state index is -0.207. The summed E-state index contributed by atoms with van der Waals surface area (Å²) in [4.78, 5) is 10.5. The molecule has 0 radical (unpaired) electrons. The summed E-state index contributed by atoms with van der Waals surface area (Å²) < 4.78 is 0. The van der Waals surface area contributed by atoms with Gasteiger partial charge < -0.3 is 10.2 Å². The first kappa shape index (κ1) is 5.99. The van der Waals surface area contributed by atoms with Crippen molar-refractivity contribution in [3.63, 3.8) is 0 Å². The molecule has 60 valence electrons.